The Labute approximate surface area is 156 Å². The molecule has 0 saturated carbocycles. The molecule has 0 aromatic heterocycles. The number of rotatable bonds is 8. The monoisotopic (exact) mass is 381 g/mol. The highest BCUT2D eigenvalue weighted by atomic mass is 35.5. The first-order chi connectivity index (χ1) is 11.9. The molecule has 0 spiro atoms. The number of phenolic OH excluding ortho intramolecular Hbond substituents is 1. The van der Waals surface area contributed by atoms with E-state index >= 15 is 0 Å². The molecule has 0 aliphatic carbocycles. The summed E-state index contributed by atoms with van der Waals surface area (Å²) in [5.41, 5.74) is 2.92. The summed E-state index contributed by atoms with van der Waals surface area (Å²) in [4.78, 5) is 0. The second-order valence-electron chi connectivity index (χ2n) is 6.11. The number of benzene rings is 2. The van der Waals surface area contributed by atoms with Crippen LogP contribution in [0.3, 0.4) is 0 Å². The fourth-order valence-corrected chi connectivity index (χ4v) is 3.57. The van der Waals surface area contributed by atoms with Crippen LogP contribution in [-0.2, 0) is 23.0 Å². The molecular weight excluding hydrogens is 358 g/mol. The molecule has 0 heterocycles. The minimum atomic E-state index is -0.927. The summed E-state index contributed by atoms with van der Waals surface area (Å²) in [7, 11) is 0.610. The maximum Gasteiger partial charge on any atom is 0.160 e. The molecule has 136 valence electrons. The Morgan fingerprint density at radius 2 is 2.04 bits per heavy atom. The molecule has 2 aromatic carbocycles. The smallest absolute Gasteiger partial charge is 0.160 e. The molecule has 4 nitrogen and oxygen atoms in total. The van der Waals surface area contributed by atoms with E-state index in [1.165, 1.54) is 7.11 Å². The van der Waals surface area contributed by atoms with E-state index < -0.39 is 10.8 Å². The number of hydrogen-bond donors (Lipinski definition) is 2. The van der Waals surface area contributed by atoms with Gasteiger partial charge >= 0.3 is 0 Å². The minimum absolute atomic E-state index is 0.163. The summed E-state index contributed by atoms with van der Waals surface area (Å²) in [6, 6.07) is 11.4. The molecule has 0 aliphatic heterocycles. The Morgan fingerprint density at radius 3 is 2.68 bits per heavy atom. The van der Waals surface area contributed by atoms with Crippen molar-refractivity contribution in [3.05, 3.63) is 52.5 Å². The van der Waals surface area contributed by atoms with E-state index in [1.807, 2.05) is 24.3 Å². The summed E-state index contributed by atoms with van der Waals surface area (Å²) >= 11 is 6.16. The van der Waals surface area contributed by atoms with Gasteiger partial charge in [0.2, 0.25) is 0 Å². The van der Waals surface area contributed by atoms with Gasteiger partial charge in [0.05, 0.1) is 7.11 Å². The molecule has 25 heavy (non-hydrogen) atoms. The van der Waals surface area contributed by atoms with Crippen LogP contribution >= 0.6 is 11.6 Å². The van der Waals surface area contributed by atoms with Crippen LogP contribution in [0.25, 0.3) is 0 Å². The van der Waals surface area contributed by atoms with E-state index in [2.05, 4.69) is 12.2 Å². The lowest BCUT2D eigenvalue weighted by Gasteiger charge is -2.17. The van der Waals surface area contributed by atoms with Gasteiger partial charge < -0.3 is 15.2 Å². The maximum absolute atomic E-state index is 11.4. The normalized spacial score (nSPS) is 13.3. The molecule has 0 amide bonds. The average molecular weight is 382 g/mol. The van der Waals surface area contributed by atoms with E-state index in [0.29, 0.717) is 16.5 Å². The van der Waals surface area contributed by atoms with Gasteiger partial charge in [-0.3, -0.25) is 4.21 Å². The standard InChI is InChI=1S/C19H24ClNO3S/c1-13(4-5-14-6-9-19(24-2)18(22)10-14)21-16-7-8-17(20)15(11-16)12-25(3)23/h6-11,13,21-22H,4-5,12H2,1-3H3. The summed E-state index contributed by atoms with van der Waals surface area (Å²) < 4.78 is 16.5. The Hall–Kier alpha value is -1.72. The SMILES string of the molecule is COc1ccc(CCC(C)Nc2ccc(Cl)c(CS(C)=O)c2)cc1O. The van der Waals surface area contributed by atoms with Gasteiger partial charge in [0.25, 0.3) is 0 Å². The van der Waals surface area contributed by atoms with Crippen molar-refractivity contribution in [3.8, 4) is 11.5 Å². The zero-order chi connectivity index (χ0) is 18.4. The van der Waals surface area contributed by atoms with Gasteiger partial charge in [-0.15, -0.1) is 0 Å². The third-order valence-electron chi connectivity index (χ3n) is 3.93. The number of hydrogen-bond acceptors (Lipinski definition) is 4. The second kappa shape index (κ2) is 9.11. The Kier molecular flexibility index (Phi) is 7.14. The van der Waals surface area contributed by atoms with Gasteiger partial charge in [0, 0.05) is 39.6 Å². The molecule has 0 bridgehead atoms. The molecule has 0 radical (unpaired) electrons. The highest BCUT2D eigenvalue weighted by Crippen LogP contribution is 2.27. The fourth-order valence-electron chi connectivity index (χ4n) is 2.63. The van der Waals surface area contributed by atoms with Gasteiger partial charge in [-0.25, -0.2) is 0 Å². The number of nitrogens with one attached hydrogen (secondary N) is 1. The van der Waals surface area contributed by atoms with E-state index in [-0.39, 0.29) is 11.8 Å². The van der Waals surface area contributed by atoms with E-state index in [4.69, 9.17) is 16.3 Å². The van der Waals surface area contributed by atoms with Crippen LogP contribution in [0.2, 0.25) is 5.02 Å². The van der Waals surface area contributed by atoms with Crippen LogP contribution in [-0.4, -0.2) is 28.7 Å². The quantitative estimate of drug-likeness (QED) is 0.713. The van der Waals surface area contributed by atoms with Crippen molar-refractivity contribution in [3.63, 3.8) is 0 Å². The van der Waals surface area contributed by atoms with Gasteiger partial charge in [-0.1, -0.05) is 17.7 Å². The first-order valence-electron chi connectivity index (χ1n) is 8.10. The van der Waals surface area contributed by atoms with Crippen molar-refractivity contribution in [1.29, 1.82) is 0 Å². The van der Waals surface area contributed by atoms with Gasteiger partial charge in [0.15, 0.2) is 11.5 Å². The van der Waals surface area contributed by atoms with Crippen LogP contribution in [0.5, 0.6) is 11.5 Å². The molecule has 2 atom stereocenters. The molecule has 0 fully saturated rings. The maximum atomic E-state index is 11.4. The van der Waals surface area contributed by atoms with E-state index in [0.717, 1.165) is 29.7 Å². The summed E-state index contributed by atoms with van der Waals surface area (Å²) in [5.74, 6) is 1.10. The number of anilines is 1. The number of aryl methyl sites for hydroxylation is 1. The van der Waals surface area contributed by atoms with E-state index in [9.17, 15) is 9.32 Å². The first kappa shape index (κ1) is 19.6. The lowest BCUT2D eigenvalue weighted by Crippen LogP contribution is -2.16. The molecule has 6 heteroatoms. The Bertz CT molecular complexity index is 751. The predicted octanol–water partition coefficient (Wildman–Crippen LogP) is 4.37. The minimum Gasteiger partial charge on any atom is -0.504 e. The van der Waals surface area contributed by atoms with Crippen LogP contribution in [0.15, 0.2) is 36.4 Å². The van der Waals surface area contributed by atoms with Gasteiger partial charge in [-0.05, 0) is 61.2 Å². The van der Waals surface area contributed by atoms with Crippen molar-refractivity contribution in [2.75, 3.05) is 18.7 Å². The molecule has 0 aliphatic rings. The lowest BCUT2D eigenvalue weighted by molar-refractivity contribution is 0.373. The molecule has 0 saturated heterocycles. The van der Waals surface area contributed by atoms with Crippen molar-refractivity contribution in [2.45, 2.75) is 31.6 Å². The number of phenols is 1. The van der Waals surface area contributed by atoms with Crippen LogP contribution < -0.4 is 10.1 Å². The van der Waals surface area contributed by atoms with Crippen molar-refractivity contribution in [1.82, 2.24) is 0 Å². The number of methoxy groups -OCH3 is 1. The van der Waals surface area contributed by atoms with Crippen LogP contribution in [0.4, 0.5) is 5.69 Å². The van der Waals surface area contributed by atoms with Crippen molar-refractivity contribution < 1.29 is 14.1 Å². The number of aromatic hydroxyl groups is 1. The third-order valence-corrected chi connectivity index (χ3v) is 5.01. The Balaban J connectivity index is 1.95. The molecule has 2 N–H and O–H groups in total. The van der Waals surface area contributed by atoms with Crippen LogP contribution in [0.1, 0.15) is 24.5 Å². The summed E-state index contributed by atoms with van der Waals surface area (Å²) in [5, 5.41) is 13.9. The molecular formula is C19H24ClNO3S. The molecule has 2 rings (SSSR count). The Morgan fingerprint density at radius 1 is 1.28 bits per heavy atom. The summed E-state index contributed by atoms with van der Waals surface area (Å²) in [6.45, 7) is 2.11. The average Bonchev–Trinajstić information content (AvgIpc) is 2.56. The predicted molar refractivity (Wildman–Crippen MR) is 105 cm³/mol. The van der Waals surface area contributed by atoms with Gasteiger partial charge in [-0.2, -0.15) is 0 Å². The largest absolute Gasteiger partial charge is 0.504 e. The lowest BCUT2D eigenvalue weighted by atomic mass is 10.1. The van der Waals surface area contributed by atoms with Crippen LogP contribution in [0, 0.1) is 0 Å². The zero-order valence-electron chi connectivity index (χ0n) is 14.7. The molecule has 2 unspecified atom stereocenters. The van der Waals surface area contributed by atoms with Crippen molar-refractivity contribution >= 4 is 28.1 Å². The molecule has 2 aromatic rings. The van der Waals surface area contributed by atoms with Crippen molar-refractivity contribution in [2.24, 2.45) is 0 Å². The zero-order valence-corrected chi connectivity index (χ0v) is 16.3. The highest BCUT2D eigenvalue weighted by Gasteiger charge is 2.08. The third kappa shape index (κ3) is 5.94. The van der Waals surface area contributed by atoms with Gasteiger partial charge in [0.1, 0.15) is 0 Å². The highest BCUT2D eigenvalue weighted by molar-refractivity contribution is 7.83. The first-order valence-corrected chi connectivity index (χ1v) is 10.2. The van der Waals surface area contributed by atoms with E-state index in [1.54, 1.807) is 18.4 Å². The number of ether oxygens (including phenoxy) is 1. The fraction of sp³-hybridized carbons (Fsp3) is 0.368. The number of halogens is 1. The second-order valence-corrected chi connectivity index (χ2v) is 7.96. The topological polar surface area (TPSA) is 58.6 Å². The summed E-state index contributed by atoms with van der Waals surface area (Å²) in [6.07, 6.45) is 3.41.